The molecule has 4 heteroatoms. The zero-order chi connectivity index (χ0) is 16.4. The van der Waals surface area contributed by atoms with Crippen molar-refractivity contribution < 1.29 is 8.42 Å². The molecular formula is C17H25NO2S. The number of benzene rings is 1. The summed E-state index contributed by atoms with van der Waals surface area (Å²) in [5.41, 5.74) is 5.00. The fourth-order valence-corrected chi connectivity index (χ4v) is 4.23. The highest BCUT2D eigenvalue weighted by molar-refractivity contribution is 7.89. The molecule has 1 N–H and O–H groups in total. The molecule has 0 unspecified atom stereocenters. The molecule has 0 aromatic heterocycles. The van der Waals surface area contributed by atoms with E-state index in [1.165, 1.54) is 0 Å². The molecule has 0 aliphatic heterocycles. The van der Waals surface area contributed by atoms with Crippen LogP contribution in [0, 0.1) is 26.2 Å². The molecular weight excluding hydrogens is 282 g/mol. The number of rotatable bonds is 4. The van der Waals surface area contributed by atoms with E-state index in [1.54, 1.807) is 6.08 Å². The van der Waals surface area contributed by atoms with Crippen LogP contribution in [0.15, 0.2) is 35.4 Å². The van der Waals surface area contributed by atoms with Gasteiger partial charge in [0, 0.05) is 0 Å². The molecule has 0 saturated carbocycles. The van der Waals surface area contributed by atoms with E-state index < -0.39 is 10.0 Å². The van der Waals surface area contributed by atoms with Crippen LogP contribution in [0.2, 0.25) is 0 Å². The van der Waals surface area contributed by atoms with Gasteiger partial charge in [0.1, 0.15) is 0 Å². The van der Waals surface area contributed by atoms with Crippen molar-refractivity contribution in [2.24, 2.45) is 5.41 Å². The van der Waals surface area contributed by atoms with E-state index in [9.17, 15) is 8.42 Å². The van der Waals surface area contributed by atoms with Crippen molar-refractivity contribution in [2.45, 2.75) is 52.5 Å². The summed E-state index contributed by atoms with van der Waals surface area (Å²) in [4.78, 5) is 0.361. The lowest BCUT2D eigenvalue weighted by atomic mass is 9.87. The van der Waals surface area contributed by atoms with Crippen LogP contribution in [-0.2, 0) is 10.0 Å². The summed E-state index contributed by atoms with van der Waals surface area (Å²) in [5, 5.41) is 0. The van der Waals surface area contributed by atoms with Gasteiger partial charge in [0.25, 0.3) is 0 Å². The Morgan fingerprint density at radius 1 is 1.19 bits per heavy atom. The monoisotopic (exact) mass is 307 g/mol. The van der Waals surface area contributed by atoms with Crippen LogP contribution in [-0.4, -0.2) is 14.5 Å². The standard InChI is InChI=1S/C17H25NO2S/c1-8-9-15(17(5,6)7)18-21(19,20)16-13(3)10-12(2)11-14(16)4/h9-11,15,18H,1H2,2-7H3/t15-/m1/s1. The van der Waals surface area contributed by atoms with Gasteiger partial charge in [-0.3, -0.25) is 0 Å². The van der Waals surface area contributed by atoms with E-state index in [-0.39, 0.29) is 11.5 Å². The first-order valence-corrected chi connectivity index (χ1v) is 8.43. The van der Waals surface area contributed by atoms with Crippen molar-refractivity contribution >= 4 is 10.0 Å². The normalized spacial score (nSPS) is 13.6. The molecule has 116 valence electrons. The SMILES string of the molecule is C=C=C[C@@H](NS(=O)(=O)c1c(C)cc(C)cc1C)C(C)(C)C. The van der Waals surface area contributed by atoms with Crippen LogP contribution in [0.5, 0.6) is 0 Å². The lowest BCUT2D eigenvalue weighted by Gasteiger charge is -2.28. The van der Waals surface area contributed by atoms with Crippen molar-refractivity contribution in [2.75, 3.05) is 0 Å². The zero-order valence-corrected chi connectivity index (χ0v) is 14.6. The fourth-order valence-electron chi connectivity index (χ4n) is 2.40. The lowest BCUT2D eigenvalue weighted by molar-refractivity contribution is 0.344. The molecule has 0 aliphatic rings. The second kappa shape index (κ2) is 6.18. The van der Waals surface area contributed by atoms with Gasteiger partial charge in [0.15, 0.2) is 0 Å². The van der Waals surface area contributed by atoms with Gasteiger partial charge in [-0.15, -0.1) is 5.73 Å². The van der Waals surface area contributed by atoms with Crippen molar-refractivity contribution in [3.63, 3.8) is 0 Å². The molecule has 0 spiro atoms. The summed E-state index contributed by atoms with van der Waals surface area (Å²) < 4.78 is 28.2. The van der Waals surface area contributed by atoms with Gasteiger partial charge in [-0.05, 0) is 43.4 Å². The Morgan fingerprint density at radius 2 is 1.67 bits per heavy atom. The summed E-state index contributed by atoms with van der Waals surface area (Å²) in [6.07, 6.45) is 1.66. The molecule has 0 aliphatic carbocycles. The summed E-state index contributed by atoms with van der Waals surface area (Å²) in [5.74, 6) is 0. The Morgan fingerprint density at radius 3 is 2.05 bits per heavy atom. The van der Waals surface area contributed by atoms with E-state index in [4.69, 9.17) is 0 Å². The van der Waals surface area contributed by atoms with E-state index in [0.29, 0.717) is 4.90 Å². The van der Waals surface area contributed by atoms with Crippen LogP contribution < -0.4 is 4.72 Å². The van der Waals surface area contributed by atoms with Gasteiger partial charge >= 0.3 is 0 Å². The summed E-state index contributed by atoms with van der Waals surface area (Å²) >= 11 is 0. The predicted molar refractivity (Wildman–Crippen MR) is 87.9 cm³/mol. The van der Waals surface area contributed by atoms with Crippen LogP contribution in [0.3, 0.4) is 0 Å². The van der Waals surface area contributed by atoms with E-state index in [1.807, 2.05) is 53.7 Å². The highest BCUT2D eigenvalue weighted by atomic mass is 32.2. The smallest absolute Gasteiger partial charge is 0.207 e. The minimum Gasteiger partial charge on any atom is -0.207 e. The Balaban J connectivity index is 3.33. The molecule has 0 fully saturated rings. The predicted octanol–water partition coefficient (Wildman–Crippen LogP) is 3.65. The van der Waals surface area contributed by atoms with Crippen LogP contribution >= 0.6 is 0 Å². The molecule has 0 bridgehead atoms. The molecule has 1 rings (SSSR count). The molecule has 1 aromatic rings. The number of hydrogen-bond donors (Lipinski definition) is 1. The van der Waals surface area contributed by atoms with Crippen LogP contribution in [0.25, 0.3) is 0 Å². The van der Waals surface area contributed by atoms with Crippen molar-refractivity contribution in [3.05, 3.63) is 47.2 Å². The number of hydrogen-bond acceptors (Lipinski definition) is 2. The fraction of sp³-hybridized carbons (Fsp3) is 0.471. The average molecular weight is 307 g/mol. The summed E-state index contributed by atoms with van der Waals surface area (Å²) in [7, 11) is -3.59. The zero-order valence-electron chi connectivity index (χ0n) is 13.7. The highest BCUT2D eigenvalue weighted by Crippen LogP contribution is 2.25. The molecule has 0 radical (unpaired) electrons. The molecule has 0 amide bonds. The number of sulfonamides is 1. The molecule has 1 atom stereocenters. The van der Waals surface area contributed by atoms with Crippen molar-refractivity contribution in [1.29, 1.82) is 0 Å². The molecule has 3 nitrogen and oxygen atoms in total. The van der Waals surface area contributed by atoms with Crippen LogP contribution in [0.4, 0.5) is 0 Å². The molecule has 0 saturated heterocycles. The largest absolute Gasteiger partial charge is 0.241 e. The first-order valence-electron chi connectivity index (χ1n) is 6.95. The summed E-state index contributed by atoms with van der Waals surface area (Å²) in [6.45, 7) is 15.1. The second-order valence-corrected chi connectivity index (χ2v) is 8.21. The van der Waals surface area contributed by atoms with Gasteiger partial charge in [-0.25, -0.2) is 13.1 Å². The van der Waals surface area contributed by atoms with Gasteiger partial charge < -0.3 is 0 Å². The van der Waals surface area contributed by atoms with E-state index in [0.717, 1.165) is 16.7 Å². The summed E-state index contributed by atoms with van der Waals surface area (Å²) in [6, 6.07) is 3.41. The van der Waals surface area contributed by atoms with Gasteiger partial charge in [0.2, 0.25) is 10.0 Å². The molecule has 1 aromatic carbocycles. The third-order valence-electron chi connectivity index (χ3n) is 3.37. The topological polar surface area (TPSA) is 46.2 Å². The maximum Gasteiger partial charge on any atom is 0.241 e. The number of nitrogens with one attached hydrogen (secondary N) is 1. The maximum atomic E-state index is 12.7. The van der Waals surface area contributed by atoms with E-state index >= 15 is 0 Å². The Hall–Kier alpha value is -1.35. The molecule has 0 heterocycles. The van der Waals surface area contributed by atoms with Crippen molar-refractivity contribution in [3.8, 4) is 0 Å². The quantitative estimate of drug-likeness (QED) is 0.863. The van der Waals surface area contributed by atoms with Gasteiger partial charge in [-0.1, -0.05) is 45.0 Å². The third kappa shape index (κ3) is 4.31. The minimum atomic E-state index is -3.59. The number of aryl methyl sites for hydroxylation is 3. The Kier molecular flexibility index (Phi) is 5.21. The Bertz CT molecular complexity index is 652. The molecule has 21 heavy (non-hydrogen) atoms. The highest BCUT2D eigenvalue weighted by Gasteiger charge is 2.29. The van der Waals surface area contributed by atoms with Crippen molar-refractivity contribution in [1.82, 2.24) is 4.72 Å². The maximum absolute atomic E-state index is 12.7. The van der Waals surface area contributed by atoms with Crippen LogP contribution in [0.1, 0.15) is 37.5 Å². The third-order valence-corrected chi connectivity index (χ3v) is 5.12. The Labute approximate surface area is 128 Å². The first kappa shape index (κ1) is 17.7. The van der Waals surface area contributed by atoms with E-state index in [2.05, 4.69) is 17.0 Å². The van der Waals surface area contributed by atoms with Gasteiger partial charge in [0.05, 0.1) is 10.9 Å². The first-order chi connectivity index (χ1) is 9.49. The lowest BCUT2D eigenvalue weighted by Crippen LogP contribution is -2.42. The van der Waals surface area contributed by atoms with Gasteiger partial charge in [-0.2, -0.15) is 0 Å². The second-order valence-electron chi connectivity index (χ2n) is 6.56. The average Bonchev–Trinajstić information content (AvgIpc) is 2.24. The minimum absolute atomic E-state index is 0.260.